The standard InChI is InChI=1S/C8H10N4O2/c1-5(9)13-8(10)7-3-2-6(14-11)4-12-7/h2-4,9-10H,11H2,1H3. The van der Waals surface area contributed by atoms with Crippen LogP contribution in [0.1, 0.15) is 12.6 Å². The van der Waals surface area contributed by atoms with Crippen molar-refractivity contribution >= 4 is 11.8 Å². The fourth-order valence-corrected chi connectivity index (χ4v) is 0.790. The van der Waals surface area contributed by atoms with Gasteiger partial charge in [-0.05, 0) is 12.1 Å². The molecule has 74 valence electrons. The van der Waals surface area contributed by atoms with Crippen molar-refractivity contribution < 1.29 is 9.57 Å². The van der Waals surface area contributed by atoms with Crippen molar-refractivity contribution in [3.05, 3.63) is 24.0 Å². The fourth-order valence-electron chi connectivity index (χ4n) is 0.790. The molecule has 0 aliphatic rings. The van der Waals surface area contributed by atoms with Crippen LogP contribution in [0.5, 0.6) is 5.75 Å². The molecule has 1 rings (SSSR count). The third kappa shape index (κ3) is 2.53. The van der Waals surface area contributed by atoms with Crippen LogP contribution in [0.15, 0.2) is 18.3 Å². The lowest BCUT2D eigenvalue weighted by atomic mass is 10.3. The molecule has 0 atom stereocenters. The predicted molar refractivity (Wildman–Crippen MR) is 50.4 cm³/mol. The van der Waals surface area contributed by atoms with Gasteiger partial charge in [0.05, 0.1) is 6.20 Å². The Bertz CT molecular complexity index is 347. The van der Waals surface area contributed by atoms with Crippen LogP contribution in [0, 0.1) is 10.8 Å². The van der Waals surface area contributed by atoms with Crippen LogP contribution >= 0.6 is 0 Å². The molecule has 1 aromatic heterocycles. The number of aromatic nitrogens is 1. The summed E-state index contributed by atoms with van der Waals surface area (Å²) in [6.07, 6.45) is 1.37. The van der Waals surface area contributed by atoms with E-state index < -0.39 is 0 Å². The Morgan fingerprint density at radius 1 is 1.43 bits per heavy atom. The second-order valence-corrected chi connectivity index (χ2v) is 2.48. The fraction of sp³-hybridized carbons (Fsp3) is 0.125. The first-order chi connectivity index (χ1) is 6.63. The Hall–Kier alpha value is -1.95. The number of nitrogens with zero attached hydrogens (tertiary/aromatic N) is 1. The van der Waals surface area contributed by atoms with Gasteiger partial charge in [0.15, 0.2) is 11.6 Å². The lowest BCUT2D eigenvalue weighted by Gasteiger charge is -2.04. The molecule has 4 N–H and O–H groups in total. The lowest BCUT2D eigenvalue weighted by Crippen LogP contribution is -2.11. The quantitative estimate of drug-likeness (QED) is 0.365. The Morgan fingerprint density at radius 2 is 2.14 bits per heavy atom. The Morgan fingerprint density at radius 3 is 2.57 bits per heavy atom. The van der Waals surface area contributed by atoms with Crippen molar-refractivity contribution in [2.45, 2.75) is 6.92 Å². The average molecular weight is 194 g/mol. The van der Waals surface area contributed by atoms with Gasteiger partial charge in [-0.3, -0.25) is 10.8 Å². The Labute approximate surface area is 80.6 Å². The van der Waals surface area contributed by atoms with Gasteiger partial charge in [0, 0.05) is 6.92 Å². The molecule has 0 fully saturated rings. The van der Waals surface area contributed by atoms with Gasteiger partial charge < -0.3 is 9.57 Å². The van der Waals surface area contributed by atoms with Crippen LogP contribution in [0.25, 0.3) is 0 Å². The van der Waals surface area contributed by atoms with Crippen molar-refractivity contribution in [3.63, 3.8) is 0 Å². The van der Waals surface area contributed by atoms with E-state index in [0.29, 0.717) is 11.4 Å². The highest BCUT2D eigenvalue weighted by molar-refractivity contribution is 5.97. The molecule has 14 heavy (non-hydrogen) atoms. The average Bonchev–Trinajstić information content (AvgIpc) is 2.17. The summed E-state index contributed by atoms with van der Waals surface area (Å²) in [5.74, 6) is 5.06. The highest BCUT2D eigenvalue weighted by Crippen LogP contribution is 2.07. The largest absolute Gasteiger partial charge is 0.424 e. The highest BCUT2D eigenvalue weighted by Gasteiger charge is 2.05. The van der Waals surface area contributed by atoms with E-state index in [0.717, 1.165) is 0 Å². The van der Waals surface area contributed by atoms with Gasteiger partial charge in [0.2, 0.25) is 5.90 Å². The number of ether oxygens (including phenoxy) is 1. The monoisotopic (exact) mass is 194 g/mol. The first kappa shape index (κ1) is 10.1. The number of rotatable bonds is 2. The summed E-state index contributed by atoms with van der Waals surface area (Å²) in [5.41, 5.74) is 0.317. The van der Waals surface area contributed by atoms with Crippen LogP contribution in [-0.4, -0.2) is 16.8 Å². The van der Waals surface area contributed by atoms with Gasteiger partial charge >= 0.3 is 0 Å². The van der Waals surface area contributed by atoms with E-state index >= 15 is 0 Å². The second-order valence-electron chi connectivity index (χ2n) is 2.48. The molecule has 0 bridgehead atoms. The van der Waals surface area contributed by atoms with Gasteiger partial charge in [0.1, 0.15) is 5.69 Å². The summed E-state index contributed by atoms with van der Waals surface area (Å²) in [4.78, 5) is 8.27. The molecule has 0 unspecified atom stereocenters. The number of hydrogen-bond acceptors (Lipinski definition) is 6. The normalized spacial score (nSPS) is 9.29. The summed E-state index contributed by atoms with van der Waals surface area (Å²) in [6.45, 7) is 1.44. The minimum absolute atomic E-state index is 0.0593. The molecule has 0 aliphatic carbocycles. The third-order valence-corrected chi connectivity index (χ3v) is 1.36. The van der Waals surface area contributed by atoms with Crippen LogP contribution in [0.4, 0.5) is 0 Å². The van der Waals surface area contributed by atoms with E-state index in [2.05, 4.69) is 9.82 Å². The molecule has 0 saturated heterocycles. The van der Waals surface area contributed by atoms with E-state index in [9.17, 15) is 0 Å². The zero-order chi connectivity index (χ0) is 10.6. The lowest BCUT2D eigenvalue weighted by molar-refractivity contribution is 0.333. The van der Waals surface area contributed by atoms with Crippen LogP contribution in [-0.2, 0) is 4.74 Å². The minimum atomic E-state index is -0.180. The second kappa shape index (κ2) is 4.33. The predicted octanol–water partition coefficient (Wildman–Crippen LogP) is 0.673. The van der Waals surface area contributed by atoms with Gasteiger partial charge in [-0.25, -0.2) is 4.98 Å². The van der Waals surface area contributed by atoms with E-state index in [-0.39, 0.29) is 11.8 Å². The van der Waals surface area contributed by atoms with Gasteiger partial charge in [-0.15, -0.1) is 0 Å². The third-order valence-electron chi connectivity index (χ3n) is 1.36. The molecule has 0 aliphatic heterocycles. The van der Waals surface area contributed by atoms with Crippen LogP contribution in [0.3, 0.4) is 0 Å². The van der Waals surface area contributed by atoms with Gasteiger partial charge in [0.25, 0.3) is 0 Å². The van der Waals surface area contributed by atoms with Crippen LogP contribution in [0.2, 0.25) is 0 Å². The Kier molecular flexibility index (Phi) is 3.14. The van der Waals surface area contributed by atoms with Crippen molar-refractivity contribution in [3.8, 4) is 5.75 Å². The van der Waals surface area contributed by atoms with E-state index in [1.165, 1.54) is 19.2 Å². The molecular formula is C8H10N4O2. The first-order valence-electron chi connectivity index (χ1n) is 3.78. The molecule has 0 amide bonds. The number of nitrogens with two attached hydrogens (primary N) is 1. The number of pyridine rings is 1. The molecule has 1 heterocycles. The maximum absolute atomic E-state index is 7.39. The zero-order valence-electron chi connectivity index (χ0n) is 7.57. The SMILES string of the molecule is CC(=N)OC(=N)c1ccc(ON)cn1. The molecule has 1 aromatic rings. The van der Waals surface area contributed by atoms with E-state index in [4.69, 9.17) is 21.5 Å². The summed E-state index contributed by atoms with van der Waals surface area (Å²) in [6, 6.07) is 3.08. The Balaban J connectivity index is 2.76. The van der Waals surface area contributed by atoms with Crippen molar-refractivity contribution in [2.24, 2.45) is 5.90 Å². The summed E-state index contributed by atoms with van der Waals surface area (Å²) in [7, 11) is 0. The van der Waals surface area contributed by atoms with Gasteiger partial charge in [-0.1, -0.05) is 0 Å². The zero-order valence-corrected chi connectivity index (χ0v) is 7.57. The van der Waals surface area contributed by atoms with Crippen molar-refractivity contribution in [2.75, 3.05) is 0 Å². The first-order valence-corrected chi connectivity index (χ1v) is 3.78. The molecular weight excluding hydrogens is 184 g/mol. The molecule has 6 heteroatoms. The number of hydrogen-bond donors (Lipinski definition) is 3. The summed E-state index contributed by atoms with van der Waals surface area (Å²) in [5, 5.41) is 14.4. The highest BCUT2D eigenvalue weighted by atomic mass is 16.6. The summed E-state index contributed by atoms with van der Waals surface area (Å²) < 4.78 is 4.74. The molecule has 0 spiro atoms. The molecule has 0 aromatic carbocycles. The minimum Gasteiger partial charge on any atom is -0.424 e. The molecule has 0 saturated carbocycles. The van der Waals surface area contributed by atoms with Crippen molar-refractivity contribution in [1.82, 2.24) is 4.98 Å². The smallest absolute Gasteiger partial charge is 0.239 e. The summed E-state index contributed by atoms with van der Waals surface area (Å²) >= 11 is 0. The van der Waals surface area contributed by atoms with Gasteiger partial charge in [-0.2, -0.15) is 5.90 Å². The maximum Gasteiger partial charge on any atom is 0.239 e. The number of nitrogens with one attached hydrogen (secondary N) is 2. The van der Waals surface area contributed by atoms with Crippen molar-refractivity contribution in [1.29, 1.82) is 10.8 Å². The van der Waals surface area contributed by atoms with E-state index in [1.807, 2.05) is 0 Å². The molecule has 0 radical (unpaired) electrons. The van der Waals surface area contributed by atoms with E-state index in [1.54, 1.807) is 6.07 Å². The maximum atomic E-state index is 7.39. The van der Waals surface area contributed by atoms with Crippen LogP contribution < -0.4 is 10.7 Å². The molecule has 6 nitrogen and oxygen atoms in total. The topological polar surface area (TPSA) is 105 Å².